The van der Waals surface area contributed by atoms with Gasteiger partial charge in [-0.3, -0.25) is 24.1 Å². The van der Waals surface area contributed by atoms with E-state index in [2.05, 4.69) is 64.3 Å². The molecule has 1 aromatic heterocycles. The number of imide groups is 1. The molecule has 11 heteroatoms. The summed E-state index contributed by atoms with van der Waals surface area (Å²) in [7, 11) is 0. The standard InChI is InChI=1S/C43H42FN5O5/c1-25-5-6-29(40-26(2)46-54-27(40)3)21-37(25)48(31-9-7-30(8-10-31)43(45-4)16-17-43)20-15-28-13-18-47(19-14-28)38-24-34-33(23-35(38)44)41(52)49(42(34)53)36-12-11-32(50)22-39(36)51/h5-10,21,23-24,28,36H,11-20,22H2,1-3H3. The molecule has 2 aliphatic heterocycles. The summed E-state index contributed by atoms with van der Waals surface area (Å²) in [5.74, 6) is -1.39. The molecule has 2 amide bonds. The average molecular weight is 728 g/mol. The van der Waals surface area contributed by atoms with Crippen LogP contribution in [-0.4, -0.2) is 59.1 Å². The van der Waals surface area contributed by atoms with Crippen molar-refractivity contribution in [3.8, 4) is 11.1 Å². The maximum atomic E-state index is 15.6. The minimum Gasteiger partial charge on any atom is -0.369 e. The second kappa shape index (κ2) is 13.7. The van der Waals surface area contributed by atoms with Crippen molar-refractivity contribution < 1.29 is 28.1 Å². The number of hydrogen-bond acceptors (Lipinski definition) is 8. The number of hydrogen-bond donors (Lipinski definition) is 0. The van der Waals surface area contributed by atoms with E-state index < -0.39 is 29.5 Å². The fraction of sp³-hybridized carbons (Fsp3) is 0.395. The normalized spacial score (nSPS) is 19.6. The van der Waals surface area contributed by atoms with Crippen LogP contribution in [0.2, 0.25) is 0 Å². The maximum Gasteiger partial charge on any atom is 0.262 e. The number of carbonyl (C=O) groups excluding carboxylic acids is 4. The van der Waals surface area contributed by atoms with Crippen LogP contribution in [0.15, 0.2) is 59.1 Å². The number of fused-ring (bicyclic) bond motifs is 1. The van der Waals surface area contributed by atoms with E-state index in [4.69, 9.17) is 11.1 Å². The Bertz CT molecular complexity index is 2220. The highest BCUT2D eigenvalue weighted by Gasteiger charge is 2.52. The molecule has 54 heavy (non-hydrogen) atoms. The molecular formula is C43H42FN5O5. The molecule has 1 unspecified atom stereocenters. The van der Waals surface area contributed by atoms with Crippen molar-refractivity contribution in [3.05, 3.63) is 106 Å². The number of Topliss-reactive ketones (excluding diaryl/α,β-unsaturated/α-hetero) is 2. The third-order valence-electron chi connectivity index (χ3n) is 11.9. The van der Waals surface area contributed by atoms with Gasteiger partial charge in [-0.2, -0.15) is 0 Å². The molecule has 0 bridgehead atoms. The summed E-state index contributed by atoms with van der Waals surface area (Å²) in [5.41, 5.74) is 7.14. The van der Waals surface area contributed by atoms with Crippen molar-refractivity contribution in [2.45, 2.75) is 83.7 Å². The Hall–Kier alpha value is -5.63. The zero-order valence-electron chi connectivity index (χ0n) is 30.8. The van der Waals surface area contributed by atoms with E-state index in [0.717, 1.165) is 94.7 Å². The second-order valence-corrected chi connectivity index (χ2v) is 15.3. The van der Waals surface area contributed by atoms with Crippen LogP contribution in [0, 0.1) is 39.1 Å². The number of anilines is 3. The first-order valence-corrected chi connectivity index (χ1v) is 18.8. The van der Waals surface area contributed by atoms with Crippen LogP contribution in [-0.2, 0) is 15.1 Å². The molecule has 3 aromatic carbocycles. The predicted octanol–water partition coefficient (Wildman–Crippen LogP) is 8.05. The number of nitrogens with zero attached hydrogens (tertiary/aromatic N) is 5. The van der Waals surface area contributed by atoms with Gasteiger partial charge in [-0.05, 0) is 106 Å². The predicted molar refractivity (Wildman–Crippen MR) is 201 cm³/mol. The molecule has 4 aromatic rings. The zero-order valence-corrected chi connectivity index (χ0v) is 30.8. The number of carbonyl (C=O) groups is 4. The van der Waals surface area contributed by atoms with Crippen LogP contribution in [0.3, 0.4) is 0 Å². The van der Waals surface area contributed by atoms with E-state index >= 15 is 4.39 Å². The van der Waals surface area contributed by atoms with Gasteiger partial charge in [0.15, 0.2) is 5.78 Å². The van der Waals surface area contributed by atoms with Crippen LogP contribution in [0.5, 0.6) is 0 Å². The topological polar surface area (TPSA) is 108 Å². The highest BCUT2D eigenvalue weighted by Crippen LogP contribution is 2.50. The van der Waals surface area contributed by atoms with E-state index in [-0.39, 0.29) is 47.4 Å². The van der Waals surface area contributed by atoms with Crippen molar-refractivity contribution in [2.24, 2.45) is 5.92 Å². The van der Waals surface area contributed by atoms with E-state index in [1.165, 1.54) is 6.07 Å². The highest BCUT2D eigenvalue weighted by atomic mass is 19.1. The van der Waals surface area contributed by atoms with E-state index in [1.54, 1.807) is 0 Å². The Morgan fingerprint density at radius 3 is 2.28 bits per heavy atom. The molecular weight excluding hydrogens is 686 g/mol. The first-order chi connectivity index (χ1) is 26.0. The largest absolute Gasteiger partial charge is 0.369 e. The number of piperidine rings is 1. The van der Waals surface area contributed by atoms with Crippen LogP contribution < -0.4 is 9.80 Å². The molecule has 2 aliphatic carbocycles. The number of amides is 2. The van der Waals surface area contributed by atoms with Gasteiger partial charge < -0.3 is 19.2 Å². The molecule has 3 heterocycles. The van der Waals surface area contributed by atoms with Gasteiger partial charge in [0.2, 0.25) is 0 Å². The summed E-state index contributed by atoms with van der Waals surface area (Å²) in [5, 5.41) is 4.18. The molecule has 2 saturated carbocycles. The molecule has 8 rings (SSSR count). The van der Waals surface area contributed by atoms with Crippen LogP contribution in [0.25, 0.3) is 16.0 Å². The lowest BCUT2D eigenvalue weighted by molar-refractivity contribution is -0.132. The number of ketones is 2. The summed E-state index contributed by atoms with van der Waals surface area (Å²) >= 11 is 0. The summed E-state index contributed by atoms with van der Waals surface area (Å²) in [4.78, 5) is 60.2. The number of halogens is 1. The van der Waals surface area contributed by atoms with Gasteiger partial charge in [-0.25, -0.2) is 11.0 Å². The lowest BCUT2D eigenvalue weighted by Crippen LogP contribution is -2.47. The van der Waals surface area contributed by atoms with Crippen molar-refractivity contribution in [2.75, 3.05) is 29.4 Å². The Morgan fingerprint density at radius 1 is 0.944 bits per heavy atom. The quantitative estimate of drug-likeness (QED) is 0.0969. The van der Waals surface area contributed by atoms with Crippen LogP contribution in [0.1, 0.15) is 94.7 Å². The third-order valence-corrected chi connectivity index (χ3v) is 11.9. The van der Waals surface area contributed by atoms with Crippen molar-refractivity contribution >= 4 is 40.4 Å². The second-order valence-electron chi connectivity index (χ2n) is 15.3. The minimum atomic E-state index is -0.995. The van der Waals surface area contributed by atoms with E-state index in [1.807, 2.05) is 18.7 Å². The smallest absolute Gasteiger partial charge is 0.262 e. The molecule has 0 spiro atoms. The Balaban J connectivity index is 0.994. The molecule has 3 fully saturated rings. The summed E-state index contributed by atoms with van der Waals surface area (Å²) < 4.78 is 21.1. The minimum absolute atomic E-state index is 0.0379. The monoisotopic (exact) mass is 727 g/mol. The SMILES string of the molecule is [C-]#[N+]C1(c2ccc(N(CCC3CCN(c4cc5c(cc4F)C(=O)N(C4CCC(=O)CC4=O)C5=O)CC3)c3cc(-c4c(C)noc4C)ccc3C)cc2)CC1. The van der Waals surface area contributed by atoms with E-state index in [0.29, 0.717) is 19.0 Å². The van der Waals surface area contributed by atoms with Crippen LogP contribution in [0.4, 0.5) is 21.5 Å². The Morgan fingerprint density at radius 2 is 1.65 bits per heavy atom. The highest BCUT2D eigenvalue weighted by molar-refractivity contribution is 6.24. The first kappa shape index (κ1) is 35.4. The Labute approximate surface area is 313 Å². The van der Waals surface area contributed by atoms with Crippen molar-refractivity contribution in [3.63, 3.8) is 0 Å². The maximum absolute atomic E-state index is 15.6. The molecule has 0 N–H and O–H groups in total. The number of aromatic nitrogens is 1. The Kier molecular flexibility index (Phi) is 8.95. The molecule has 1 atom stereocenters. The van der Waals surface area contributed by atoms with Crippen molar-refractivity contribution in [1.82, 2.24) is 10.1 Å². The van der Waals surface area contributed by atoms with Crippen LogP contribution >= 0.6 is 0 Å². The van der Waals surface area contributed by atoms with Gasteiger partial charge >= 0.3 is 0 Å². The molecule has 4 aliphatic rings. The van der Waals surface area contributed by atoms with Gasteiger partial charge in [0, 0.05) is 61.4 Å². The van der Waals surface area contributed by atoms with Gasteiger partial charge in [0.1, 0.15) is 17.4 Å². The number of aryl methyl sites for hydroxylation is 3. The van der Waals surface area contributed by atoms with Gasteiger partial charge in [0.05, 0.1) is 35.0 Å². The third kappa shape index (κ3) is 6.17. The average Bonchev–Trinajstić information content (AvgIpc) is 3.85. The summed E-state index contributed by atoms with van der Waals surface area (Å²) in [6, 6.07) is 16.5. The summed E-state index contributed by atoms with van der Waals surface area (Å²) in [6.45, 7) is 15.6. The number of rotatable bonds is 9. The molecule has 276 valence electrons. The fourth-order valence-electron chi connectivity index (χ4n) is 8.57. The first-order valence-electron chi connectivity index (χ1n) is 18.8. The lowest BCUT2D eigenvalue weighted by Gasteiger charge is -2.35. The molecule has 1 saturated heterocycles. The van der Waals surface area contributed by atoms with Gasteiger partial charge in [0.25, 0.3) is 17.4 Å². The zero-order chi connectivity index (χ0) is 37.9. The summed E-state index contributed by atoms with van der Waals surface area (Å²) in [6.07, 6.45) is 4.24. The van der Waals surface area contributed by atoms with Gasteiger partial charge in [-0.15, -0.1) is 0 Å². The fourth-order valence-corrected chi connectivity index (χ4v) is 8.57. The molecule has 0 radical (unpaired) electrons. The molecule has 10 nitrogen and oxygen atoms in total. The van der Waals surface area contributed by atoms with E-state index in [9.17, 15) is 19.2 Å². The lowest BCUT2D eigenvalue weighted by atomic mass is 9.92. The number of benzene rings is 3. The van der Waals surface area contributed by atoms with Crippen molar-refractivity contribution in [1.29, 1.82) is 0 Å². The van der Waals surface area contributed by atoms with Gasteiger partial charge in [-0.1, -0.05) is 17.3 Å².